The van der Waals surface area contributed by atoms with Gasteiger partial charge in [0.05, 0.1) is 12.5 Å². The number of nitrogen functional groups attached to an aromatic ring is 1. The van der Waals surface area contributed by atoms with Crippen molar-refractivity contribution < 1.29 is 23.4 Å². The summed E-state index contributed by atoms with van der Waals surface area (Å²) < 4.78 is 32.5. The number of halogens is 2. The van der Waals surface area contributed by atoms with Crippen molar-refractivity contribution >= 4 is 23.4 Å². The van der Waals surface area contributed by atoms with Crippen LogP contribution in [0.15, 0.2) is 17.1 Å². The molecule has 0 unspecified atom stereocenters. The van der Waals surface area contributed by atoms with Crippen LogP contribution in [-0.4, -0.2) is 53.0 Å². The van der Waals surface area contributed by atoms with Gasteiger partial charge in [0.2, 0.25) is 0 Å². The first-order valence-electron chi connectivity index (χ1n) is 8.79. The van der Waals surface area contributed by atoms with E-state index in [-0.39, 0.29) is 24.7 Å². The molecule has 4 atom stereocenters. The van der Waals surface area contributed by atoms with Crippen molar-refractivity contribution in [2.75, 3.05) is 25.3 Å². The molecule has 8 nitrogen and oxygen atoms in total. The maximum Gasteiger partial charge on any atom is 0.351 e. The lowest BCUT2D eigenvalue weighted by atomic mass is 9.98. The number of unbranched alkanes of at least 4 members (excludes halogenated alkanes) is 2. The summed E-state index contributed by atoms with van der Waals surface area (Å²) in [6.45, 7) is 1.89. The van der Waals surface area contributed by atoms with E-state index in [4.69, 9.17) is 31.5 Å². The Labute approximate surface area is 161 Å². The molecule has 2 rings (SSSR count). The molecule has 152 valence electrons. The van der Waals surface area contributed by atoms with Crippen molar-refractivity contribution in [1.29, 1.82) is 0 Å². The highest BCUT2D eigenvalue weighted by atomic mass is 35.5. The number of methoxy groups -OCH3 is 1. The van der Waals surface area contributed by atoms with Crippen LogP contribution in [0.5, 0.6) is 0 Å². The molecule has 27 heavy (non-hydrogen) atoms. The number of ether oxygens (including phenoxy) is 3. The van der Waals surface area contributed by atoms with E-state index in [1.54, 1.807) is 0 Å². The van der Waals surface area contributed by atoms with Crippen LogP contribution < -0.4 is 11.4 Å². The average molecular weight is 406 g/mol. The predicted octanol–water partition coefficient (Wildman–Crippen LogP) is 1.81. The fourth-order valence-electron chi connectivity index (χ4n) is 3.04. The standard InChI is InChI=1S/C17H25ClFN3O5/c1-3-4-5-6-12(23)26-14-13(19)15(27-17(14,9-18)10-25-2)22-8-7-11(20)21-16(22)24/h7-8,13-15H,3-6,9-10H2,1-2H3,(H2,20,21,24)/t13-,14+,15-,17-/m1/s1. The minimum absolute atomic E-state index is 0.00375. The number of hydrogen-bond donors (Lipinski definition) is 1. The number of alkyl halides is 2. The Hall–Kier alpha value is -1.71. The molecule has 2 heterocycles. The number of hydrogen-bond acceptors (Lipinski definition) is 7. The zero-order valence-electron chi connectivity index (χ0n) is 15.4. The quantitative estimate of drug-likeness (QED) is 0.379. The van der Waals surface area contributed by atoms with Crippen molar-refractivity contribution in [3.05, 3.63) is 22.7 Å². The topological polar surface area (TPSA) is 106 Å². The highest BCUT2D eigenvalue weighted by molar-refractivity contribution is 6.18. The van der Waals surface area contributed by atoms with Gasteiger partial charge in [0.25, 0.3) is 0 Å². The second-order valence-corrected chi connectivity index (χ2v) is 6.76. The molecule has 0 spiro atoms. The Kier molecular flexibility index (Phi) is 7.58. The summed E-state index contributed by atoms with van der Waals surface area (Å²) in [4.78, 5) is 27.8. The first-order chi connectivity index (χ1) is 12.9. The van der Waals surface area contributed by atoms with Gasteiger partial charge in [-0.15, -0.1) is 11.6 Å². The third-order valence-corrected chi connectivity index (χ3v) is 4.87. The molecule has 0 radical (unpaired) electrons. The monoisotopic (exact) mass is 405 g/mol. The highest BCUT2D eigenvalue weighted by Gasteiger charge is 2.58. The van der Waals surface area contributed by atoms with Crippen molar-refractivity contribution in [2.24, 2.45) is 0 Å². The highest BCUT2D eigenvalue weighted by Crippen LogP contribution is 2.41. The normalized spacial score (nSPS) is 27.6. The summed E-state index contributed by atoms with van der Waals surface area (Å²) in [5.74, 6) is -0.736. The molecule has 1 aromatic heterocycles. The van der Waals surface area contributed by atoms with Crippen LogP contribution in [0.25, 0.3) is 0 Å². The van der Waals surface area contributed by atoms with Gasteiger partial charge in [-0.3, -0.25) is 9.36 Å². The van der Waals surface area contributed by atoms with E-state index in [1.807, 2.05) is 6.92 Å². The summed E-state index contributed by atoms with van der Waals surface area (Å²) in [6, 6.07) is 1.35. The Morgan fingerprint density at radius 1 is 1.52 bits per heavy atom. The summed E-state index contributed by atoms with van der Waals surface area (Å²) >= 11 is 6.05. The first-order valence-corrected chi connectivity index (χ1v) is 9.33. The van der Waals surface area contributed by atoms with Crippen LogP contribution in [0.4, 0.5) is 10.2 Å². The van der Waals surface area contributed by atoms with Crippen molar-refractivity contribution in [2.45, 2.75) is 56.7 Å². The van der Waals surface area contributed by atoms with E-state index >= 15 is 4.39 Å². The summed E-state index contributed by atoms with van der Waals surface area (Å²) in [6.07, 6.45) is -0.638. The van der Waals surface area contributed by atoms with Gasteiger partial charge in [0.15, 0.2) is 18.5 Å². The summed E-state index contributed by atoms with van der Waals surface area (Å²) in [5.41, 5.74) is 3.26. The largest absolute Gasteiger partial charge is 0.456 e. The number of nitrogens with two attached hydrogens (primary N) is 1. The molecule has 0 saturated carbocycles. The lowest BCUT2D eigenvalue weighted by Crippen LogP contribution is -2.50. The number of carbonyl (C=O) groups excluding carboxylic acids is 1. The summed E-state index contributed by atoms with van der Waals surface area (Å²) in [5, 5.41) is 0. The van der Waals surface area contributed by atoms with Crippen LogP contribution >= 0.6 is 11.6 Å². The molecule has 2 N–H and O–H groups in total. The molecular weight excluding hydrogens is 381 g/mol. The van der Waals surface area contributed by atoms with Crippen LogP contribution in [0.2, 0.25) is 0 Å². The van der Waals surface area contributed by atoms with Gasteiger partial charge < -0.3 is 19.9 Å². The molecule has 0 aliphatic carbocycles. The number of aromatic nitrogens is 2. The Morgan fingerprint density at radius 2 is 2.26 bits per heavy atom. The predicted molar refractivity (Wildman–Crippen MR) is 97.3 cm³/mol. The molecule has 1 fully saturated rings. The van der Waals surface area contributed by atoms with E-state index in [0.29, 0.717) is 6.42 Å². The second-order valence-electron chi connectivity index (χ2n) is 6.49. The molecule has 1 aliphatic rings. The Balaban J connectivity index is 2.28. The molecule has 10 heteroatoms. The lowest BCUT2D eigenvalue weighted by molar-refractivity contribution is -0.166. The zero-order valence-corrected chi connectivity index (χ0v) is 16.2. The number of nitrogens with zero attached hydrogens (tertiary/aromatic N) is 2. The second kappa shape index (κ2) is 9.48. The van der Waals surface area contributed by atoms with Gasteiger partial charge in [0.1, 0.15) is 11.4 Å². The zero-order chi connectivity index (χ0) is 20.0. The number of anilines is 1. The van der Waals surface area contributed by atoms with Gasteiger partial charge in [0, 0.05) is 19.7 Å². The molecule has 0 aromatic carbocycles. The molecule has 0 amide bonds. The molecule has 0 bridgehead atoms. The number of esters is 1. The molecule has 1 aromatic rings. The van der Waals surface area contributed by atoms with Crippen LogP contribution in [0, 0.1) is 0 Å². The minimum Gasteiger partial charge on any atom is -0.456 e. The minimum atomic E-state index is -1.84. The lowest BCUT2D eigenvalue weighted by Gasteiger charge is -2.31. The van der Waals surface area contributed by atoms with Crippen LogP contribution in [-0.2, 0) is 19.0 Å². The number of rotatable bonds is 9. The smallest absolute Gasteiger partial charge is 0.351 e. The van der Waals surface area contributed by atoms with E-state index in [0.717, 1.165) is 17.4 Å². The number of carbonyl (C=O) groups is 1. The maximum absolute atomic E-state index is 15.2. The van der Waals surface area contributed by atoms with E-state index in [9.17, 15) is 9.59 Å². The van der Waals surface area contributed by atoms with Crippen LogP contribution in [0.1, 0.15) is 38.8 Å². The molecule has 1 aliphatic heterocycles. The fraction of sp³-hybridized carbons (Fsp3) is 0.706. The SMILES string of the molecule is CCCCCC(=O)O[C@H]1[C@@H](F)[C@H](n2ccc(N)nc2=O)O[C@]1(CCl)COC. The molecule has 1 saturated heterocycles. The van der Waals surface area contributed by atoms with Crippen molar-refractivity contribution in [3.8, 4) is 0 Å². The first kappa shape index (κ1) is 21.6. The van der Waals surface area contributed by atoms with E-state index < -0.39 is 35.8 Å². The molecular formula is C17H25ClFN3O5. The van der Waals surface area contributed by atoms with Gasteiger partial charge in [-0.05, 0) is 12.5 Å². The van der Waals surface area contributed by atoms with Crippen molar-refractivity contribution in [3.63, 3.8) is 0 Å². The third-order valence-electron chi connectivity index (χ3n) is 4.42. The van der Waals surface area contributed by atoms with Gasteiger partial charge in [-0.1, -0.05) is 19.8 Å². The fourth-order valence-corrected chi connectivity index (χ4v) is 3.33. The Morgan fingerprint density at radius 3 is 2.85 bits per heavy atom. The summed E-state index contributed by atoms with van der Waals surface area (Å²) in [7, 11) is 1.40. The van der Waals surface area contributed by atoms with Crippen molar-refractivity contribution in [1.82, 2.24) is 9.55 Å². The van der Waals surface area contributed by atoms with Gasteiger partial charge >= 0.3 is 11.7 Å². The maximum atomic E-state index is 15.2. The Bertz CT molecular complexity index is 703. The van der Waals surface area contributed by atoms with E-state index in [1.165, 1.54) is 19.4 Å². The van der Waals surface area contributed by atoms with Crippen LogP contribution in [0.3, 0.4) is 0 Å². The van der Waals surface area contributed by atoms with Gasteiger partial charge in [-0.25, -0.2) is 9.18 Å². The third kappa shape index (κ3) is 4.77. The average Bonchev–Trinajstić information content (AvgIpc) is 2.89. The van der Waals surface area contributed by atoms with Gasteiger partial charge in [-0.2, -0.15) is 4.98 Å². The van der Waals surface area contributed by atoms with E-state index in [2.05, 4.69) is 4.98 Å².